The van der Waals surface area contributed by atoms with Gasteiger partial charge in [0.05, 0.1) is 0 Å². The molecule has 1 aromatic carbocycles. The van der Waals surface area contributed by atoms with Gasteiger partial charge in [-0.05, 0) is 45.0 Å². The first-order valence-electron chi connectivity index (χ1n) is 6.86. The van der Waals surface area contributed by atoms with Gasteiger partial charge in [0.2, 0.25) is 0 Å². The average molecular weight is 301 g/mol. The van der Waals surface area contributed by atoms with Crippen molar-refractivity contribution in [2.75, 3.05) is 5.32 Å². The van der Waals surface area contributed by atoms with Gasteiger partial charge in [-0.2, -0.15) is 0 Å². The Labute approximate surface area is 129 Å². The fourth-order valence-corrected chi connectivity index (χ4v) is 1.54. The second-order valence-corrected chi connectivity index (χ2v) is 4.59. The van der Waals surface area contributed by atoms with E-state index in [1.165, 1.54) is 26.0 Å². The normalized spacial score (nSPS) is 12.3. The molecule has 0 aliphatic heterocycles. The maximum atomic E-state index is 11.9. The number of carbonyl (C=O) groups excluding carboxylic acids is 3. The molecule has 1 atom stereocenters. The molecule has 5 nitrogen and oxygen atoms in total. The molecule has 0 radical (unpaired) electrons. The topological polar surface area (TPSA) is 72.5 Å². The zero-order valence-electron chi connectivity index (χ0n) is 12.8. The first-order valence-corrected chi connectivity index (χ1v) is 6.86. The van der Waals surface area contributed by atoms with E-state index in [1.807, 2.05) is 6.92 Å². The summed E-state index contributed by atoms with van der Waals surface area (Å²) in [5, 5.41) is 2.61. The highest BCUT2D eigenvalue weighted by Crippen LogP contribution is 2.11. The van der Waals surface area contributed by atoms with Crippen LogP contribution in [0.3, 0.4) is 0 Å². The number of anilines is 1. The SMILES string of the molecule is C/C=C/C=C/C(=O)O[C@@H](C)C(=O)Nc1ccc(C(C)=O)cc1. The van der Waals surface area contributed by atoms with E-state index in [1.54, 1.807) is 36.4 Å². The van der Waals surface area contributed by atoms with Crippen LogP contribution in [0.1, 0.15) is 31.1 Å². The fourth-order valence-electron chi connectivity index (χ4n) is 1.54. The van der Waals surface area contributed by atoms with Gasteiger partial charge in [0.1, 0.15) is 0 Å². The number of hydrogen-bond acceptors (Lipinski definition) is 4. The van der Waals surface area contributed by atoms with Gasteiger partial charge >= 0.3 is 5.97 Å². The van der Waals surface area contributed by atoms with Crippen molar-refractivity contribution >= 4 is 23.3 Å². The molecule has 0 aliphatic carbocycles. The van der Waals surface area contributed by atoms with Gasteiger partial charge in [0, 0.05) is 17.3 Å². The van der Waals surface area contributed by atoms with Crippen LogP contribution in [-0.4, -0.2) is 23.8 Å². The lowest BCUT2D eigenvalue weighted by Crippen LogP contribution is -2.29. The number of Topliss-reactive ketones (excluding diaryl/α,β-unsaturated/α-hetero) is 1. The molecule has 1 N–H and O–H groups in total. The Morgan fingerprint density at radius 2 is 1.77 bits per heavy atom. The fraction of sp³-hybridized carbons (Fsp3) is 0.235. The Bertz CT molecular complexity index is 600. The lowest BCUT2D eigenvalue weighted by Gasteiger charge is -2.12. The molecule has 0 fully saturated rings. The van der Waals surface area contributed by atoms with E-state index in [2.05, 4.69) is 5.32 Å². The molecule has 0 heterocycles. The predicted octanol–water partition coefficient (Wildman–Crippen LogP) is 2.89. The summed E-state index contributed by atoms with van der Waals surface area (Å²) in [7, 11) is 0. The summed E-state index contributed by atoms with van der Waals surface area (Å²) in [6.07, 6.45) is 5.31. The van der Waals surface area contributed by atoms with Crippen molar-refractivity contribution in [2.45, 2.75) is 26.9 Å². The number of benzene rings is 1. The van der Waals surface area contributed by atoms with Crippen molar-refractivity contribution in [1.29, 1.82) is 0 Å². The van der Waals surface area contributed by atoms with Crippen LogP contribution in [0.15, 0.2) is 48.6 Å². The molecule has 1 aromatic rings. The number of ether oxygens (including phenoxy) is 1. The van der Waals surface area contributed by atoms with Crippen LogP contribution in [0.2, 0.25) is 0 Å². The van der Waals surface area contributed by atoms with Gasteiger partial charge in [-0.25, -0.2) is 4.79 Å². The van der Waals surface area contributed by atoms with Gasteiger partial charge in [-0.1, -0.05) is 18.2 Å². The second-order valence-electron chi connectivity index (χ2n) is 4.59. The molecule has 1 amide bonds. The van der Waals surface area contributed by atoms with Crippen LogP contribution < -0.4 is 5.32 Å². The third-order valence-electron chi connectivity index (χ3n) is 2.76. The van der Waals surface area contributed by atoms with Crippen molar-refractivity contribution < 1.29 is 19.1 Å². The van der Waals surface area contributed by atoms with E-state index in [0.717, 1.165) is 0 Å². The molecule has 0 aliphatic rings. The van der Waals surface area contributed by atoms with E-state index in [9.17, 15) is 14.4 Å². The molecule has 22 heavy (non-hydrogen) atoms. The summed E-state index contributed by atoms with van der Waals surface area (Å²) in [5.74, 6) is -1.08. The average Bonchev–Trinajstić information content (AvgIpc) is 2.47. The van der Waals surface area contributed by atoms with E-state index in [0.29, 0.717) is 11.3 Å². The van der Waals surface area contributed by atoms with Crippen molar-refractivity contribution in [3.8, 4) is 0 Å². The standard InChI is InChI=1S/C17H19NO4/c1-4-5-6-7-16(20)22-13(3)17(21)18-15-10-8-14(9-11-15)12(2)19/h4-11,13H,1-3H3,(H,18,21)/b5-4+,7-6+/t13-/m0/s1. The minimum absolute atomic E-state index is 0.0481. The van der Waals surface area contributed by atoms with Crippen LogP contribution in [0.25, 0.3) is 0 Å². The molecule has 0 aromatic heterocycles. The minimum Gasteiger partial charge on any atom is -0.449 e. The molecule has 0 saturated heterocycles. The molecule has 5 heteroatoms. The monoisotopic (exact) mass is 301 g/mol. The van der Waals surface area contributed by atoms with Crippen LogP contribution in [0.5, 0.6) is 0 Å². The van der Waals surface area contributed by atoms with Crippen molar-refractivity contribution in [1.82, 2.24) is 0 Å². The highest BCUT2D eigenvalue weighted by Gasteiger charge is 2.16. The number of nitrogens with one attached hydrogen (secondary N) is 1. The highest BCUT2D eigenvalue weighted by molar-refractivity contribution is 5.97. The molecular formula is C17H19NO4. The molecule has 0 unspecified atom stereocenters. The molecule has 0 saturated carbocycles. The van der Waals surface area contributed by atoms with E-state index in [4.69, 9.17) is 4.74 Å². The summed E-state index contributed by atoms with van der Waals surface area (Å²) < 4.78 is 4.97. The largest absolute Gasteiger partial charge is 0.449 e. The maximum Gasteiger partial charge on any atom is 0.331 e. The Hall–Kier alpha value is -2.69. The summed E-state index contributed by atoms with van der Waals surface area (Å²) in [6.45, 7) is 4.78. The third-order valence-corrected chi connectivity index (χ3v) is 2.76. The number of allylic oxidation sites excluding steroid dienone is 3. The van der Waals surface area contributed by atoms with Gasteiger partial charge in [-0.3, -0.25) is 9.59 Å². The number of amides is 1. The zero-order chi connectivity index (χ0) is 16.5. The molecular weight excluding hydrogens is 282 g/mol. The predicted molar refractivity (Wildman–Crippen MR) is 84.6 cm³/mol. The first-order chi connectivity index (χ1) is 10.4. The number of carbonyl (C=O) groups is 3. The quantitative estimate of drug-likeness (QED) is 0.379. The number of hydrogen-bond donors (Lipinski definition) is 1. The van der Waals surface area contributed by atoms with Crippen LogP contribution in [0.4, 0.5) is 5.69 Å². The van der Waals surface area contributed by atoms with Gasteiger partial charge in [0.25, 0.3) is 5.91 Å². The first kappa shape index (κ1) is 17.4. The summed E-state index contributed by atoms with van der Waals surface area (Å²) in [5.41, 5.74) is 1.09. The van der Waals surface area contributed by atoms with E-state index >= 15 is 0 Å². The Balaban J connectivity index is 2.56. The Kier molecular flexibility index (Phi) is 6.76. The van der Waals surface area contributed by atoms with Crippen LogP contribution in [-0.2, 0) is 14.3 Å². The number of rotatable bonds is 6. The highest BCUT2D eigenvalue weighted by atomic mass is 16.5. The second kappa shape index (κ2) is 8.56. The van der Waals surface area contributed by atoms with Crippen molar-refractivity contribution in [3.63, 3.8) is 0 Å². The Morgan fingerprint density at radius 3 is 2.32 bits per heavy atom. The van der Waals surface area contributed by atoms with Crippen molar-refractivity contribution in [3.05, 3.63) is 54.1 Å². The minimum atomic E-state index is -0.921. The maximum absolute atomic E-state index is 11.9. The van der Waals surface area contributed by atoms with Gasteiger partial charge in [0.15, 0.2) is 11.9 Å². The molecule has 116 valence electrons. The molecule has 0 spiro atoms. The van der Waals surface area contributed by atoms with Crippen LogP contribution >= 0.6 is 0 Å². The molecule has 1 rings (SSSR count). The van der Waals surface area contributed by atoms with E-state index in [-0.39, 0.29) is 5.78 Å². The number of esters is 1. The smallest absolute Gasteiger partial charge is 0.331 e. The van der Waals surface area contributed by atoms with Crippen LogP contribution in [0, 0.1) is 0 Å². The van der Waals surface area contributed by atoms with Gasteiger partial charge in [-0.15, -0.1) is 0 Å². The summed E-state index contributed by atoms with van der Waals surface area (Å²) in [4.78, 5) is 34.5. The zero-order valence-corrected chi connectivity index (χ0v) is 12.8. The lowest BCUT2D eigenvalue weighted by molar-refractivity contribution is -0.148. The van der Waals surface area contributed by atoms with Crippen molar-refractivity contribution in [2.24, 2.45) is 0 Å². The van der Waals surface area contributed by atoms with Gasteiger partial charge < -0.3 is 10.1 Å². The Morgan fingerprint density at radius 1 is 1.14 bits per heavy atom. The van der Waals surface area contributed by atoms with E-state index < -0.39 is 18.0 Å². The summed E-state index contributed by atoms with van der Waals surface area (Å²) in [6, 6.07) is 6.48. The third kappa shape index (κ3) is 5.75. The number of ketones is 1. The summed E-state index contributed by atoms with van der Waals surface area (Å²) >= 11 is 0. The lowest BCUT2D eigenvalue weighted by atomic mass is 10.1. The molecule has 0 bridgehead atoms.